The van der Waals surface area contributed by atoms with Gasteiger partial charge in [0, 0.05) is 0 Å². The molecule has 18 heavy (non-hydrogen) atoms. The Kier molecular flexibility index (Phi) is 3.53. The largest absolute Gasteiger partial charge is 0.323 e. The van der Waals surface area contributed by atoms with Crippen LogP contribution >= 0.6 is 11.6 Å². The maximum atomic E-state index is 12.9. The summed E-state index contributed by atoms with van der Waals surface area (Å²) in [6.45, 7) is 0. The lowest BCUT2D eigenvalue weighted by atomic mass is 9.87. The van der Waals surface area contributed by atoms with Crippen LogP contribution in [-0.2, 0) is 4.79 Å². The summed E-state index contributed by atoms with van der Waals surface area (Å²) in [5.41, 5.74) is -0.623. The van der Waals surface area contributed by atoms with Gasteiger partial charge in [-0.25, -0.2) is 4.39 Å². The van der Waals surface area contributed by atoms with Crippen molar-refractivity contribution in [2.45, 2.75) is 25.7 Å². The van der Waals surface area contributed by atoms with Crippen molar-refractivity contribution in [3.05, 3.63) is 29.0 Å². The Morgan fingerprint density at radius 2 is 2.11 bits per heavy atom. The molecule has 1 aromatic rings. The van der Waals surface area contributed by atoms with Crippen molar-refractivity contribution in [2.24, 2.45) is 5.41 Å². The van der Waals surface area contributed by atoms with Gasteiger partial charge < -0.3 is 5.32 Å². The van der Waals surface area contributed by atoms with E-state index >= 15 is 0 Å². The number of anilines is 1. The standard InChI is InChI=1S/C13H12ClFN2O/c14-10-7-9(15)3-4-11(10)17-12(18)13(8-16)5-1-2-6-13/h3-4,7H,1-2,5-6H2,(H,17,18). The Balaban J connectivity index is 2.19. The first-order valence-electron chi connectivity index (χ1n) is 5.75. The number of hydrogen-bond acceptors (Lipinski definition) is 2. The molecule has 1 N–H and O–H groups in total. The maximum absolute atomic E-state index is 12.9. The Morgan fingerprint density at radius 3 is 2.67 bits per heavy atom. The van der Waals surface area contributed by atoms with E-state index in [4.69, 9.17) is 11.6 Å². The molecule has 2 rings (SSSR count). The van der Waals surface area contributed by atoms with Crippen LogP contribution in [0.15, 0.2) is 18.2 Å². The Labute approximate surface area is 110 Å². The van der Waals surface area contributed by atoms with Gasteiger partial charge in [0.05, 0.1) is 16.8 Å². The van der Waals surface area contributed by atoms with Crippen LogP contribution in [0.5, 0.6) is 0 Å². The fourth-order valence-electron chi connectivity index (χ4n) is 2.20. The van der Waals surface area contributed by atoms with Crippen LogP contribution in [0.1, 0.15) is 25.7 Å². The van der Waals surface area contributed by atoms with Gasteiger partial charge in [0.15, 0.2) is 0 Å². The number of carbonyl (C=O) groups excluding carboxylic acids is 1. The number of amides is 1. The van der Waals surface area contributed by atoms with Crippen molar-refractivity contribution in [1.82, 2.24) is 0 Å². The van der Waals surface area contributed by atoms with Crippen LogP contribution in [0.25, 0.3) is 0 Å². The third-order valence-corrected chi connectivity index (χ3v) is 3.60. The van der Waals surface area contributed by atoms with Crippen LogP contribution in [0, 0.1) is 22.6 Å². The van der Waals surface area contributed by atoms with E-state index in [-0.39, 0.29) is 10.9 Å². The average Bonchev–Trinajstić information content (AvgIpc) is 2.82. The van der Waals surface area contributed by atoms with Crippen LogP contribution in [-0.4, -0.2) is 5.91 Å². The normalized spacial score (nSPS) is 17.2. The van der Waals surface area contributed by atoms with Crippen LogP contribution in [0.3, 0.4) is 0 Å². The molecule has 1 saturated carbocycles. The number of rotatable bonds is 2. The van der Waals surface area contributed by atoms with E-state index in [1.54, 1.807) is 0 Å². The monoisotopic (exact) mass is 266 g/mol. The van der Waals surface area contributed by atoms with Crippen molar-refractivity contribution < 1.29 is 9.18 Å². The van der Waals surface area contributed by atoms with Crippen LogP contribution in [0.2, 0.25) is 5.02 Å². The second-order valence-corrected chi connectivity index (χ2v) is 4.89. The number of hydrogen-bond donors (Lipinski definition) is 1. The van der Waals surface area contributed by atoms with E-state index < -0.39 is 11.2 Å². The predicted molar refractivity (Wildman–Crippen MR) is 66.6 cm³/mol. The molecule has 0 radical (unpaired) electrons. The highest BCUT2D eigenvalue weighted by Crippen LogP contribution is 2.39. The molecule has 1 aliphatic carbocycles. The summed E-state index contributed by atoms with van der Waals surface area (Å²) >= 11 is 5.83. The van der Waals surface area contributed by atoms with Gasteiger partial charge in [-0.05, 0) is 31.0 Å². The number of carbonyl (C=O) groups is 1. The predicted octanol–water partition coefficient (Wildman–Crippen LogP) is 3.50. The SMILES string of the molecule is N#CC1(C(=O)Nc2ccc(F)cc2Cl)CCCC1. The van der Waals surface area contributed by atoms with Crippen molar-refractivity contribution in [2.75, 3.05) is 5.32 Å². The number of nitrogens with zero attached hydrogens (tertiary/aromatic N) is 1. The summed E-state index contributed by atoms with van der Waals surface area (Å²) in [6, 6.07) is 5.84. The van der Waals surface area contributed by atoms with E-state index in [2.05, 4.69) is 11.4 Å². The molecule has 0 spiro atoms. The van der Waals surface area contributed by atoms with Crippen molar-refractivity contribution in [3.8, 4) is 6.07 Å². The molecule has 3 nitrogen and oxygen atoms in total. The van der Waals surface area contributed by atoms with Crippen LogP contribution < -0.4 is 5.32 Å². The Morgan fingerprint density at radius 1 is 1.44 bits per heavy atom. The molecule has 0 unspecified atom stereocenters. The first-order valence-corrected chi connectivity index (χ1v) is 6.13. The van der Waals surface area contributed by atoms with E-state index in [1.165, 1.54) is 12.1 Å². The zero-order valence-electron chi connectivity index (χ0n) is 9.67. The molecule has 0 atom stereocenters. The minimum absolute atomic E-state index is 0.134. The van der Waals surface area contributed by atoms with Gasteiger partial charge in [-0.1, -0.05) is 24.4 Å². The molecule has 5 heteroatoms. The highest BCUT2D eigenvalue weighted by Gasteiger charge is 2.41. The maximum Gasteiger partial charge on any atom is 0.244 e. The second kappa shape index (κ2) is 4.95. The lowest BCUT2D eigenvalue weighted by Crippen LogP contribution is -2.32. The van der Waals surface area contributed by atoms with Gasteiger partial charge in [-0.3, -0.25) is 4.79 Å². The molecule has 0 heterocycles. The summed E-state index contributed by atoms with van der Waals surface area (Å²) < 4.78 is 12.9. The third kappa shape index (κ3) is 2.32. The number of halogens is 2. The molecule has 0 bridgehead atoms. The molecule has 0 aromatic heterocycles. The van der Waals surface area contributed by atoms with E-state index in [9.17, 15) is 14.4 Å². The van der Waals surface area contributed by atoms with E-state index in [0.717, 1.165) is 18.9 Å². The van der Waals surface area contributed by atoms with E-state index in [1.807, 2.05) is 0 Å². The topological polar surface area (TPSA) is 52.9 Å². The Hall–Kier alpha value is -1.60. The summed E-state index contributed by atoms with van der Waals surface area (Å²) in [6.07, 6.45) is 2.87. The number of nitrogens with one attached hydrogen (secondary N) is 1. The highest BCUT2D eigenvalue weighted by molar-refractivity contribution is 6.33. The summed E-state index contributed by atoms with van der Waals surface area (Å²) in [7, 11) is 0. The van der Waals surface area contributed by atoms with Crippen molar-refractivity contribution >= 4 is 23.2 Å². The zero-order chi connectivity index (χ0) is 13.2. The smallest absolute Gasteiger partial charge is 0.244 e. The molecular weight excluding hydrogens is 255 g/mol. The molecule has 94 valence electrons. The first-order chi connectivity index (χ1) is 8.57. The Bertz CT molecular complexity index is 518. The average molecular weight is 267 g/mol. The molecule has 1 aliphatic rings. The minimum atomic E-state index is -0.961. The summed E-state index contributed by atoms with van der Waals surface area (Å²) in [4.78, 5) is 12.1. The molecule has 0 saturated heterocycles. The molecule has 1 fully saturated rings. The van der Waals surface area contributed by atoms with Crippen LogP contribution in [0.4, 0.5) is 10.1 Å². The van der Waals surface area contributed by atoms with Gasteiger partial charge in [0.1, 0.15) is 11.2 Å². The molecular formula is C13H12ClFN2O. The fourth-order valence-corrected chi connectivity index (χ4v) is 2.42. The second-order valence-electron chi connectivity index (χ2n) is 4.48. The zero-order valence-corrected chi connectivity index (χ0v) is 10.4. The molecule has 0 aliphatic heterocycles. The van der Waals surface area contributed by atoms with E-state index in [0.29, 0.717) is 18.5 Å². The van der Waals surface area contributed by atoms with Crippen molar-refractivity contribution in [1.29, 1.82) is 5.26 Å². The lowest BCUT2D eigenvalue weighted by molar-refractivity contribution is -0.122. The van der Waals surface area contributed by atoms with Gasteiger partial charge >= 0.3 is 0 Å². The molecule has 1 amide bonds. The van der Waals surface area contributed by atoms with Crippen molar-refractivity contribution in [3.63, 3.8) is 0 Å². The minimum Gasteiger partial charge on any atom is -0.323 e. The highest BCUT2D eigenvalue weighted by atomic mass is 35.5. The number of nitriles is 1. The summed E-state index contributed by atoms with van der Waals surface area (Å²) in [5.74, 6) is -0.815. The lowest BCUT2D eigenvalue weighted by Gasteiger charge is -2.19. The first kappa shape index (κ1) is 12.8. The molecule has 1 aromatic carbocycles. The van der Waals surface area contributed by atoms with Gasteiger partial charge in [-0.15, -0.1) is 0 Å². The summed E-state index contributed by atoms with van der Waals surface area (Å²) in [5, 5.41) is 11.9. The van der Waals surface area contributed by atoms with Gasteiger partial charge in [-0.2, -0.15) is 5.26 Å². The van der Waals surface area contributed by atoms with Gasteiger partial charge in [0.2, 0.25) is 5.91 Å². The quantitative estimate of drug-likeness (QED) is 0.891. The van der Waals surface area contributed by atoms with Gasteiger partial charge in [0.25, 0.3) is 0 Å². The third-order valence-electron chi connectivity index (χ3n) is 3.29. The fraction of sp³-hybridized carbons (Fsp3) is 0.385. The number of benzene rings is 1.